The van der Waals surface area contributed by atoms with Gasteiger partial charge in [0.25, 0.3) is 0 Å². The number of carboxylic acid groups (broad SMARTS) is 1. The first kappa shape index (κ1) is 40.9. The number of unbranched alkanes of at least 4 members (excludes halogenated alkanes) is 1. The van der Waals surface area contributed by atoms with Crippen LogP contribution in [0.2, 0.25) is 0 Å². The van der Waals surface area contributed by atoms with Crippen molar-refractivity contribution >= 4 is 46.4 Å². The first-order valence-electron chi connectivity index (χ1n) is 17.2. The summed E-state index contributed by atoms with van der Waals surface area (Å²) in [6.07, 6.45) is 2.61. The van der Waals surface area contributed by atoms with E-state index in [1.165, 1.54) is 24.3 Å². The van der Waals surface area contributed by atoms with Gasteiger partial charge in [-0.2, -0.15) is 0 Å². The van der Waals surface area contributed by atoms with Gasteiger partial charge in [0, 0.05) is 29.9 Å². The molecule has 1 aromatic heterocycles. The van der Waals surface area contributed by atoms with Gasteiger partial charge in [0.05, 0.1) is 6.04 Å². The maximum absolute atomic E-state index is 13.8. The summed E-state index contributed by atoms with van der Waals surface area (Å²) in [5.41, 5.74) is 19.4. The molecule has 52 heavy (non-hydrogen) atoms. The highest BCUT2D eigenvalue weighted by Crippen LogP contribution is 2.19. The van der Waals surface area contributed by atoms with Crippen LogP contribution in [-0.4, -0.2) is 87.5 Å². The van der Waals surface area contributed by atoms with Crippen LogP contribution < -0.4 is 38.5 Å². The van der Waals surface area contributed by atoms with Gasteiger partial charge in [-0.05, 0) is 73.9 Å². The smallest absolute Gasteiger partial charge is 0.326 e. The van der Waals surface area contributed by atoms with Gasteiger partial charge in [-0.15, -0.1) is 0 Å². The number of carboxylic acids is 1. The Hall–Kier alpha value is -5.48. The number of aromatic hydroxyl groups is 1. The van der Waals surface area contributed by atoms with Gasteiger partial charge in [-0.25, -0.2) is 4.79 Å². The van der Waals surface area contributed by atoms with Crippen LogP contribution >= 0.6 is 0 Å². The number of aromatic nitrogens is 1. The second-order valence-corrected chi connectivity index (χ2v) is 13.1. The van der Waals surface area contributed by atoms with Crippen molar-refractivity contribution < 1.29 is 39.0 Å². The predicted molar refractivity (Wildman–Crippen MR) is 193 cm³/mol. The Balaban J connectivity index is 1.77. The first-order valence-corrected chi connectivity index (χ1v) is 17.2. The third-order valence-electron chi connectivity index (χ3n) is 8.58. The maximum atomic E-state index is 13.8. The fraction of sp³-hybridized carbons (Fsp3) is 0.444. The molecule has 0 radical (unpaired) electrons. The Morgan fingerprint density at radius 1 is 0.769 bits per heavy atom. The number of phenolic OH excluding ortho intramolecular Hbond substituents is 1. The number of fused-ring (bicyclic) bond motifs is 1. The first-order chi connectivity index (χ1) is 24.7. The molecule has 3 rings (SSSR count). The minimum Gasteiger partial charge on any atom is -0.508 e. The molecule has 2 aromatic carbocycles. The number of aliphatic carboxylic acids is 1. The van der Waals surface area contributed by atoms with Crippen LogP contribution in [-0.2, 0) is 41.6 Å². The lowest BCUT2D eigenvalue weighted by atomic mass is 9.99. The van der Waals surface area contributed by atoms with Crippen LogP contribution in [0.3, 0.4) is 0 Å². The van der Waals surface area contributed by atoms with Gasteiger partial charge in [-0.1, -0.05) is 44.2 Å². The fourth-order valence-electron chi connectivity index (χ4n) is 5.61. The number of amides is 5. The number of hydrogen-bond donors (Lipinski definition) is 10. The Morgan fingerprint density at radius 2 is 1.40 bits per heavy atom. The molecule has 0 aliphatic carbocycles. The van der Waals surface area contributed by atoms with Gasteiger partial charge in [0.15, 0.2) is 0 Å². The number of hydrogen-bond acceptors (Lipinski definition) is 9. The molecule has 282 valence electrons. The van der Waals surface area contributed by atoms with Crippen molar-refractivity contribution in [3.8, 4) is 5.75 Å². The number of para-hydroxylation sites is 1. The summed E-state index contributed by atoms with van der Waals surface area (Å²) in [6.45, 7) is 3.74. The highest BCUT2D eigenvalue weighted by atomic mass is 16.4. The largest absolute Gasteiger partial charge is 0.508 e. The van der Waals surface area contributed by atoms with E-state index in [9.17, 15) is 39.0 Å². The average molecular weight is 723 g/mol. The van der Waals surface area contributed by atoms with E-state index in [2.05, 4.69) is 26.3 Å². The highest BCUT2D eigenvalue weighted by molar-refractivity contribution is 5.96. The summed E-state index contributed by atoms with van der Waals surface area (Å²) in [7, 11) is 0. The topological polar surface area (TPSA) is 285 Å². The van der Waals surface area contributed by atoms with Crippen molar-refractivity contribution in [2.24, 2.45) is 23.1 Å². The second kappa shape index (κ2) is 19.8. The molecule has 0 spiro atoms. The van der Waals surface area contributed by atoms with Crippen molar-refractivity contribution in [3.63, 3.8) is 0 Å². The van der Waals surface area contributed by atoms with E-state index in [4.69, 9.17) is 17.2 Å². The predicted octanol–water partition coefficient (Wildman–Crippen LogP) is 0.0603. The van der Waals surface area contributed by atoms with Gasteiger partial charge in [-0.3, -0.25) is 24.0 Å². The van der Waals surface area contributed by atoms with Crippen LogP contribution in [0, 0.1) is 5.92 Å². The third kappa shape index (κ3) is 12.4. The van der Waals surface area contributed by atoms with E-state index in [1.807, 2.05) is 24.3 Å². The average Bonchev–Trinajstić information content (AvgIpc) is 3.50. The number of aromatic amines is 1. The Bertz CT molecular complexity index is 1690. The number of H-pyrrole nitrogens is 1. The van der Waals surface area contributed by atoms with Crippen molar-refractivity contribution in [1.82, 2.24) is 26.3 Å². The zero-order chi connectivity index (χ0) is 38.4. The molecule has 0 fully saturated rings. The number of phenols is 1. The van der Waals surface area contributed by atoms with E-state index in [-0.39, 0.29) is 37.9 Å². The third-order valence-corrected chi connectivity index (χ3v) is 8.58. The second-order valence-electron chi connectivity index (χ2n) is 13.1. The van der Waals surface area contributed by atoms with Crippen molar-refractivity contribution in [1.29, 1.82) is 0 Å². The van der Waals surface area contributed by atoms with Gasteiger partial charge < -0.3 is 53.7 Å². The lowest BCUT2D eigenvalue weighted by Crippen LogP contribution is -2.60. The Morgan fingerprint density at radius 3 is 2.04 bits per heavy atom. The van der Waals surface area contributed by atoms with Gasteiger partial charge in [0.1, 0.15) is 29.9 Å². The van der Waals surface area contributed by atoms with Crippen LogP contribution in [0.4, 0.5) is 0 Å². The number of benzene rings is 2. The van der Waals surface area contributed by atoms with Crippen molar-refractivity contribution in [2.45, 2.75) is 89.0 Å². The summed E-state index contributed by atoms with van der Waals surface area (Å²) in [5, 5.41) is 30.7. The lowest BCUT2D eigenvalue weighted by molar-refractivity contribution is -0.142. The molecule has 1 heterocycles. The van der Waals surface area contributed by atoms with Crippen LogP contribution in [0.15, 0.2) is 54.7 Å². The van der Waals surface area contributed by atoms with E-state index in [0.29, 0.717) is 24.9 Å². The SMILES string of the molecule is CC(C)[C@H](NC(=O)[C@H](CCCCN)NC(=O)[C@@H](N)Cc1c[nH]c2ccccc12)C(=O)N[C@@H](Cc1ccc(O)cc1)C(=O)N[C@@H](CCC(N)=O)C(=O)O. The van der Waals surface area contributed by atoms with Crippen molar-refractivity contribution in [2.75, 3.05) is 6.54 Å². The van der Waals surface area contributed by atoms with E-state index in [0.717, 1.165) is 16.5 Å². The maximum Gasteiger partial charge on any atom is 0.326 e. The standard InChI is InChI=1S/C36H50N8O8/c1-20(2)31(35(50)43-29(17-21-10-12-23(45)13-11-21)34(49)42-28(36(51)52)14-15-30(39)46)44-33(48)27(9-5-6-16-37)41-32(47)25(38)18-22-19-40-26-8-4-3-7-24(22)26/h3-4,7-8,10-13,19-20,25,27-29,31,40,45H,5-6,9,14-18,37-38H2,1-2H3,(H2,39,46)(H,41,47)(H,42,49)(H,43,50)(H,44,48)(H,51,52)/t25-,27-,28-,29-,31-/m0/s1. The Labute approximate surface area is 301 Å². The molecule has 5 atom stereocenters. The number of nitrogens with two attached hydrogens (primary N) is 3. The summed E-state index contributed by atoms with van der Waals surface area (Å²) < 4.78 is 0. The molecular weight excluding hydrogens is 672 g/mol. The minimum atomic E-state index is -1.47. The molecule has 0 bridgehead atoms. The quantitative estimate of drug-likeness (QED) is 0.0660. The number of rotatable bonds is 21. The number of nitrogens with one attached hydrogen (secondary N) is 5. The summed E-state index contributed by atoms with van der Waals surface area (Å²) >= 11 is 0. The fourth-order valence-corrected chi connectivity index (χ4v) is 5.61. The Kier molecular flexibility index (Phi) is 15.6. The van der Waals surface area contributed by atoms with E-state index in [1.54, 1.807) is 20.0 Å². The molecule has 5 amide bonds. The molecule has 0 saturated carbocycles. The van der Waals surface area contributed by atoms with Crippen LogP contribution in [0.5, 0.6) is 5.75 Å². The number of primary amides is 1. The zero-order valence-electron chi connectivity index (χ0n) is 29.4. The van der Waals surface area contributed by atoms with Gasteiger partial charge in [0.2, 0.25) is 29.5 Å². The molecule has 16 heteroatoms. The van der Waals surface area contributed by atoms with Crippen LogP contribution in [0.1, 0.15) is 57.1 Å². The highest BCUT2D eigenvalue weighted by Gasteiger charge is 2.33. The monoisotopic (exact) mass is 722 g/mol. The lowest BCUT2D eigenvalue weighted by Gasteiger charge is -2.28. The van der Waals surface area contributed by atoms with E-state index >= 15 is 0 Å². The number of carbonyl (C=O) groups is 6. The molecule has 13 N–H and O–H groups in total. The molecule has 16 nitrogen and oxygen atoms in total. The minimum absolute atomic E-state index is 0.0270. The van der Waals surface area contributed by atoms with Crippen molar-refractivity contribution in [3.05, 3.63) is 65.9 Å². The van der Waals surface area contributed by atoms with E-state index < -0.39 is 71.6 Å². The molecule has 0 aliphatic heterocycles. The normalized spacial score (nSPS) is 14.1. The van der Waals surface area contributed by atoms with Crippen LogP contribution in [0.25, 0.3) is 10.9 Å². The number of carbonyl (C=O) groups excluding carboxylic acids is 5. The zero-order valence-corrected chi connectivity index (χ0v) is 29.4. The van der Waals surface area contributed by atoms with Gasteiger partial charge >= 0.3 is 5.97 Å². The molecule has 0 aliphatic rings. The molecule has 3 aromatic rings. The summed E-state index contributed by atoms with van der Waals surface area (Å²) in [4.78, 5) is 80.5. The molecule has 0 unspecified atom stereocenters. The molecule has 0 saturated heterocycles. The summed E-state index contributed by atoms with van der Waals surface area (Å²) in [6, 6.07) is 7.42. The summed E-state index contributed by atoms with van der Waals surface area (Å²) in [5.74, 6) is -5.47. The molecular formula is C36H50N8O8.